The predicted octanol–water partition coefficient (Wildman–Crippen LogP) is 4.75. The Morgan fingerprint density at radius 1 is 0.964 bits per heavy atom. The Morgan fingerprint density at radius 3 is 2.43 bits per heavy atom. The topological polar surface area (TPSA) is 79.2 Å². The van der Waals surface area contributed by atoms with Gasteiger partial charge in [0.15, 0.2) is 0 Å². The van der Waals surface area contributed by atoms with Gasteiger partial charge in [0, 0.05) is 15.5 Å². The van der Waals surface area contributed by atoms with Crippen LogP contribution in [-0.4, -0.2) is 19.0 Å². The highest BCUT2D eigenvalue weighted by Crippen LogP contribution is 2.33. The normalized spacial score (nSPS) is 10.0. The highest BCUT2D eigenvalue weighted by atomic mass is 32.2. The minimum absolute atomic E-state index is 0.306. The van der Waals surface area contributed by atoms with Gasteiger partial charge in [-0.25, -0.2) is 4.79 Å². The second-order valence-corrected chi connectivity index (χ2v) is 6.82. The molecule has 0 aliphatic rings. The third kappa shape index (κ3) is 4.40. The van der Waals surface area contributed by atoms with Crippen LogP contribution < -0.4 is 5.32 Å². The monoisotopic (exact) mass is 388 g/mol. The second-order valence-electron chi connectivity index (χ2n) is 5.73. The van der Waals surface area contributed by atoms with E-state index in [-0.39, 0.29) is 5.91 Å². The maximum absolute atomic E-state index is 12.8. The Labute approximate surface area is 167 Å². The molecule has 0 unspecified atom stereocenters. The molecule has 0 heterocycles. The molecular weight excluding hydrogens is 372 g/mol. The van der Waals surface area contributed by atoms with Crippen LogP contribution >= 0.6 is 11.8 Å². The van der Waals surface area contributed by atoms with Crippen molar-refractivity contribution < 1.29 is 14.3 Å². The SMILES string of the molecule is COC(=O)c1cccc(NC(=O)c2ccccc2Sc2ccccc2C#N)c1. The van der Waals surface area contributed by atoms with Crippen LogP contribution in [0.5, 0.6) is 0 Å². The summed E-state index contributed by atoms with van der Waals surface area (Å²) in [7, 11) is 1.31. The number of esters is 1. The number of carbonyl (C=O) groups excluding carboxylic acids is 2. The lowest BCUT2D eigenvalue weighted by atomic mass is 10.1. The van der Waals surface area contributed by atoms with Crippen molar-refractivity contribution in [3.05, 3.63) is 89.5 Å². The molecule has 1 N–H and O–H groups in total. The smallest absolute Gasteiger partial charge is 0.337 e. The molecule has 3 aromatic carbocycles. The highest BCUT2D eigenvalue weighted by molar-refractivity contribution is 7.99. The van der Waals surface area contributed by atoms with Crippen molar-refractivity contribution in [1.82, 2.24) is 0 Å². The number of methoxy groups -OCH3 is 1. The average Bonchev–Trinajstić information content (AvgIpc) is 2.74. The molecule has 5 nitrogen and oxygen atoms in total. The summed E-state index contributed by atoms with van der Waals surface area (Å²) in [4.78, 5) is 26.0. The summed E-state index contributed by atoms with van der Waals surface area (Å²) in [5, 5.41) is 12.1. The van der Waals surface area contributed by atoms with E-state index in [1.165, 1.54) is 18.9 Å². The summed E-state index contributed by atoms with van der Waals surface area (Å²) in [6, 6.07) is 23.1. The van der Waals surface area contributed by atoms with Gasteiger partial charge >= 0.3 is 5.97 Å². The summed E-state index contributed by atoms with van der Waals surface area (Å²) < 4.78 is 4.71. The van der Waals surface area contributed by atoms with Crippen molar-refractivity contribution in [2.75, 3.05) is 12.4 Å². The number of nitrogens with zero attached hydrogens (tertiary/aromatic N) is 1. The van der Waals surface area contributed by atoms with E-state index in [1.54, 1.807) is 48.5 Å². The van der Waals surface area contributed by atoms with Crippen molar-refractivity contribution in [2.45, 2.75) is 9.79 Å². The molecule has 1 amide bonds. The van der Waals surface area contributed by atoms with Crippen molar-refractivity contribution >= 4 is 29.3 Å². The van der Waals surface area contributed by atoms with Crippen LogP contribution in [0.2, 0.25) is 0 Å². The van der Waals surface area contributed by atoms with Crippen molar-refractivity contribution in [3.8, 4) is 6.07 Å². The molecule has 0 fully saturated rings. The number of nitrogens with one attached hydrogen (secondary N) is 1. The molecular formula is C22H16N2O3S. The van der Waals surface area contributed by atoms with Gasteiger partial charge in [-0.1, -0.05) is 42.1 Å². The number of anilines is 1. The number of hydrogen-bond acceptors (Lipinski definition) is 5. The summed E-state index contributed by atoms with van der Waals surface area (Å²) >= 11 is 1.36. The number of ether oxygens (including phenoxy) is 1. The zero-order valence-electron chi connectivity index (χ0n) is 15.0. The molecule has 0 aromatic heterocycles. The summed E-state index contributed by atoms with van der Waals surface area (Å²) in [5.41, 5.74) is 1.87. The lowest BCUT2D eigenvalue weighted by molar-refractivity contribution is 0.0600. The fourth-order valence-corrected chi connectivity index (χ4v) is 3.57. The Bertz CT molecular complexity index is 1070. The Kier molecular flexibility index (Phi) is 6.10. The summed E-state index contributed by atoms with van der Waals surface area (Å²) in [6.45, 7) is 0. The van der Waals surface area contributed by atoms with Crippen LogP contribution in [-0.2, 0) is 4.74 Å². The van der Waals surface area contributed by atoms with E-state index >= 15 is 0 Å². The molecule has 138 valence electrons. The molecule has 3 rings (SSSR count). The van der Waals surface area contributed by atoms with Gasteiger partial charge in [-0.05, 0) is 42.5 Å². The first-order valence-electron chi connectivity index (χ1n) is 8.38. The van der Waals surface area contributed by atoms with Crippen molar-refractivity contribution in [1.29, 1.82) is 5.26 Å². The summed E-state index contributed by atoms with van der Waals surface area (Å²) in [6.07, 6.45) is 0. The highest BCUT2D eigenvalue weighted by Gasteiger charge is 2.14. The van der Waals surface area contributed by atoms with Crippen LogP contribution in [0.3, 0.4) is 0 Å². The first kappa shape index (κ1) is 19.2. The van der Waals surface area contributed by atoms with Crippen LogP contribution in [0.1, 0.15) is 26.3 Å². The molecule has 0 aliphatic carbocycles. The van der Waals surface area contributed by atoms with Crippen LogP contribution in [0.25, 0.3) is 0 Å². The molecule has 0 saturated heterocycles. The van der Waals surface area contributed by atoms with Gasteiger partial charge in [0.05, 0.1) is 23.8 Å². The maximum Gasteiger partial charge on any atom is 0.337 e. The number of benzene rings is 3. The first-order valence-corrected chi connectivity index (χ1v) is 9.20. The molecule has 0 bridgehead atoms. The number of rotatable bonds is 5. The van der Waals surface area contributed by atoms with Crippen LogP contribution in [0, 0.1) is 11.3 Å². The van der Waals surface area contributed by atoms with E-state index in [9.17, 15) is 14.9 Å². The third-order valence-corrected chi connectivity index (χ3v) is 5.05. The predicted molar refractivity (Wildman–Crippen MR) is 107 cm³/mol. The van der Waals surface area contributed by atoms with Gasteiger partial charge in [0.25, 0.3) is 5.91 Å². The Hall–Kier alpha value is -3.56. The third-order valence-electron chi connectivity index (χ3n) is 3.90. The number of nitriles is 1. The van der Waals surface area contributed by atoms with E-state index in [0.29, 0.717) is 22.4 Å². The summed E-state index contributed by atoms with van der Waals surface area (Å²) in [5.74, 6) is -0.778. The molecule has 6 heteroatoms. The number of carbonyl (C=O) groups is 2. The fourth-order valence-electron chi connectivity index (χ4n) is 2.55. The van der Waals surface area contributed by atoms with E-state index in [4.69, 9.17) is 4.74 Å². The van der Waals surface area contributed by atoms with E-state index in [1.807, 2.05) is 24.3 Å². The van der Waals surface area contributed by atoms with E-state index in [0.717, 1.165) is 9.79 Å². The lowest BCUT2D eigenvalue weighted by Crippen LogP contribution is -2.13. The van der Waals surface area contributed by atoms with Gasteiger partial charge in [-0.15, -0.1) is 0 Å². The second kappa shape index (κ2) is 8.89. The largest absolute Gasteiger partial charge is 0.465 e. The molecule has 3 aromatic rings. The van der Waals surface area contributed by atoms with Gasteiger partial charge in [0.2, 0.25) is 0 Å². The van der Waals surface area contributed by atoms with Crippen LogP contribution in [0.15, 0.2) is 82.6 Å². The maximum atomic E-state index is 12.8. The van der Waals surface area contributed by atoms with Crippen LogP contribution in [0.4, 0.5) is 5.69 Å². The molecule has 0 saturated carbocycles. The number of amides is 1. The fraction of sp³-hybridized carbons (Fsp3) is 0.0455. The lowest BCUT2D eigenvalue weighted by Gasteiger charge is -2.11. The van der Waals surface area contributed by atoms with Crippen molar-refractivity contribution in [3.63, 3.8) is 0 Å². The molecule has 0 atom stereocenters. The average molecular weight is 388 g/mol. The standard InChI is InChI=1S/C22H16N2O3S/c1-27-22(26)15-8-6-9-17(13-15)24-21(25)18-10-3-5-12-20(18)28-19-11-4-2-7-16(19)14-23/h2-13H,1H3,(H,24,25). The molecule has 0 spiro atoms. The van der Waals surface area contributed by atoms with Crippen molar-refractivity contribution in [2.24, 2.45) is 0 Å². The Balaban J connectivity index is 1.86. The molecule has 0 radical (unpaired) electrons. The first-order chi connectivity index (χ1) is 13.6. The quantitative estimate of drug-likeness (QED) is 0.638. The minimum atomic E-state index is -0.472. The van der Waals surface area contributed by atoms with Gasteiger partial charge in [-0.2, -0.15) is 5.26 Å². The molecule has 0 aliphatic heterocycles. The Morgan fingerprint density at radius 2 is 1.68 bits per heavy atom. The zero-order chi connectivity index (χ0) is 19.9. The minimum Gasteiger partial charge on any atom is -0.465 e. The van der Waals surface area contributed by atoms with Gasteiger partial charge in [-0.3, -0.25) is 4.79 Å². The molecule has 28 heavy (non-hydrogen) atoms. The van der Waals surface area contributed by atoms with E-state index < -0.39 is 5.97 Å². The zero-order valence-corrected chi connectivity index (χ0v) is 15.8. The van der Waals surface area contributed by atoms with Gasteiger partial charge < -0.3 is 10.1 Å². The number of hydrogen-bond donors (Lipinski definition) is 1. The van der Waals surface area contributed by atoms with Gasteiger partial charge in [0.1, 0.15) is 6.07 Å². The van der Waals surface area contributed by atoms with E-state index in [2.05, 4.69) is 11.4 Å².